The van der Waals surface area contributed by atoms with Gasteiger partial charge in [-0.25, -0.2) is 12.8 Å². The molecule has 0 heterocycles. The molecule has 0 unspecified atom stereocenters. The monoisotopic (exact) mass is 346 g/mol. The highest BCUT2D eigenvalue weighted by Gasteiger charge is 2.24. The number of nitrogens with one attached hydrogen (secondary N) is 1. The van der Waals surface area contributed by atoms with E-state index >= 15 is 0 Å². The second kappa shape index (κ2) is 8.37. The minimum atomic E-state index is -3.75. The summed E-state index contributed by atoms with van der Waals surface area (Å²) in [7, 11) is -2.26. The van der Waals surface area contributed by atoms with Crippen molar-refractivity contribution in [3.05, 3.63) is 29.6 Å². The molecule has 0 saturated carbocycles. The van der Waals surface area contributed by atoms with Gasteiger partial charge in [0.2, 0.25) is 10.0 Å². The van der Waals surface area contributed by atoms with Gasteiger partial charge in [0, 0.05) is 26.2 Å². The average molecular weight is 346 g/mol. The van der Waals surface area contributed by atoms with Crippen LogP contribution in [0.4, 0.5) is 4.39 Å². The number of sulfonamides is 1. The van der Waals surface area contributed by atoms with Crippen LogP contribution in [0.1, 0.15) is 31.1 Å². The van der Waals surface area contributed by atoms with Crippen LogP contribution in [0.3, 0.4) is 0 Å². The van der Waals surface area contributed by atoms with E-state index in [2.05, 4.69) is 5.32 Å². The van der Waals surface area contributed by atoms with Gasteiger partial charge in [-0.05, 0) is 25.1 Å². The molecule has 1 aromatic rings. The Kier molecular flexibility index (Phi) is 7.11. The smallest absolute Gasteiger partial charge is 0.254 e. The van der Waals surface area contributed by atoms with Gasteiger partial charge in [0.1, 0.15) is 5.82 Å². The number of rotatable bonds is 8. The first-order valence-corrected chi connectivity index (χ1v) is 8.81. The third-order valence-corrected chi connectivity index (χ3v) is 5.37. The summed E-state index contributed by atoms with van der Waals surface area (Å²) in [5, 5.41) is 2.56. The van der Waals surface area contributed by atoms with Crippen molar-refractivity contribution in [1.82, 2.24) is 9.62 Å². The zero-order valence-electron chi connectivity index (χ0n) is 13.8. The van der Waals surface area contributed by atoms with E-state index in [9.17, 15) is 17.6 Å². The van der Waals surface area contributed by atoms with Gasteiger partial charge >= 0.3 is 0 Å². The molecule has 0 radical (unpaired) electrons. The van der Waals surface area contributed by atoms with E-state index in [1.54, 1.807) is 20.8 Å². The SMILES string of the molecule is CCN(CC)S(=O)(=O)c1ccc(F)c(C(=O)N[C@@H](C)COC)c1. The second-order valence-corrected chi connectivity index (χ2v) is 7.00. The predicted octanol–water partition coefficient (Wildman–Crippen LogP) is 1.62. The maximum absolute atomic E-state index is 13.9. The van der Waals surface area contributed by atoms with E-state index in [-0.39, 0.29) is 23.1 Å². The van der Waals surface area contributed by atoms with Gasteiger partial charge in [-0.1, -0.05) is 13.8 Å². The first kappa shape index (κ1) is 19.5. The van der Waals surface area contributed by atoms with Crippen LogP contribution < -0.4 is 5.32 Å². The molecule has 6 nitrogen and oxygen atoms in total. The minimum Gasteiger partial charge on any atom is -0.383 e. The highest BCUT2D eigenvalue weighted by Crippen LogP contribution is 2.19. The lowest BCUT2D eigenvalue weighted by Crippen LogP contribution is -2.36. The van der Waals surface area contributed by atoms with Crippen LogP contribution in [0.25, 0.3) is 0 Å². The maximum atomic E-state index is 13.9. The normalized spacial score (nSPS) is 13.1. The number of halogens is 1. The second-order valence-electron chi connectivity index (χ2n) is 5.06. The zero-order chi connectivity index (χ0) is 17.6. The molecule has 23 heavy (non-hydrogen) atoms. The Morgan fingerprint density at radius 1 is 1.35 bits per heavy atom. The molecule has 0 aliphatic heterocycles. The van der Waals surface area contributed by atoms with Crippen molar-refractivity contribution in [2.45, 2.75) is 31.7 Å². The van der Waals surface area contributed by atoms with Gasteiger partial charge in [0.15, 0.2) is 0 Å². The van der Waals surface area contributed by atoms with Crippen molar-refractivity contribution in [2.75, 3.05) is 26.8 Å². The Morgan fingerprint density at radius 2 is 1.96 bits per heavy atom. The molecule has 8 heteroatoms. The fourth-order valence-corrected chi connectivity index (χ4v) is 3.63. The van der Waals surface area contributed by atoms with Crippen LogP contribution in [0.2, 0.25) is 0 Å². The van der Waals surface area contributed by atoms with Gasteiger partial charge < -0.3 is 10.1 Å². The van der Waals surface area contributed by atoms with Gasteiger partial charge in [-0.2, -0.15) is 4.31 Å². The molecule has 0 aromatic heterocycles. The van der Waals surface area contributed by atoms with Gasteiger partial charge in [-0.3, -0.25) is 4.79 Å². The molecule has 1 atom stereocenters. The fourth-order valence-electron chi connectivity index (χ4n) is 2.14. The summed E-state index contributed by atoms with van der Waals surface area (Å²) in [5.74, 6) is -1.45. The number of carbonyl (C=O) groups is 1. The number of benzene rings is 1. The van der Waals surface area contributed by atoms with Crippen LogP contribution in [-0.4, -0.2) is 51.5 Å². The summed E-state index contributed by atoms with van der Waals surface area (Å²) in [6.45, 7) is 5.99. The largest absolute Gasteiger partial charge is 0.383 e. The summed E-state index contributed by atoms with van der Waals surface area (Å²) in [6.07, 6.45) is 0. The van der Waals surface area contributed by atoms with E-state index in [4.69, 9.17) is 4.74 Å². The van der Waals surface area contributed by atoms with Crippen LogP contribution in [-0.2, 0) is 14.8 Å². The van der Waals surface area contributed by atoms with Crippen molar-refractivity contribution in [3.63, 3.8) is 0 Å². The molecule has 1 rings (SSSR count). The zero-order valence-corrected chi connectivity index (χ0v) is 14.6. The Labute approximate surface area is 136 Å². The molecule has 0 fully saturated rings. The van der Waals surface area contributed by atoms with E-state index in [1.165, 1.54) is 17.5 Å². The molecule has 130 valence electrons. The van der Waals surface area contributed by atoms with Crippen molar-refractivity contribution in [1.29, 1.82) is 0 Å². The first-order chi connectivity index (χ1) is 10.8. The summed E-state index contributed by atoms with van der Waals surface area (Å²) >= 11 is 0. The number of methoxy groups -OCH3 is 1. The number of ether oxygens (including phenoxy) is 1. The van der Waals surface area contributed by atoms with Gasteiger partial charge in [0.25, 0.3) is 5.91 Å². The molecular formula is C15H23FN2O4S. The third-order valence-electron chi connectivity index (χ3n) is 3.32. The average Bonchev–Trinajstić information content (AvgIpc) is 2.48. The Balaban J connectivity index is 3.15. The Morgan fingerprint density at radius 3 is 2.48 bits per heavy atom. The first-order valence-electron chi connectivity index (χ1n) is 7.37. The minimum absolute atomic E-state index is 0.104. The third kappa shape index (κ3) is 4.73. The van der Waals surface area contributed by atoms with E-state index in [0.717, 1.165) is 12.1 Å². The molecule has 0 saturated heterocycles. The molecule has 0 bridgehead atoms. The lowest BCUT2D eigenvalue weighted by Gasteiger charge is -2.19. The van der Waals surface area contributed by atoms with Crippen LogP contribution in [0, 0.1) is 5.82 Å². The molecule has 1 N–H and O–H groups in total. The van der Waals surface area contributed by atoms with E-state index < -0.39 is 21.7 Å². The van der Waals surface area contributed by atoms with Crippen LogP contribution >= 0.6 is 0 Å². The molecule has 0 spiro atoms. The standard InChI is InChI=1S/C15H23FN2O4S/c1-5-18(6-2)23(20,21)12-7-8-14(16)13(9-12)15(19)17-11(3)10-22-4/h7-9,11H,5-6,10H2,1-4H3,(H,17,19)/t11-/m0/s1. The highest BCUT2D eigenvalue weighted by molar-refractivity contribution is 7.89. The summed E-state index contributed by atoms with van der Waals surface area (Å²) < 4.78 is 45.0. The summed E-state index contributed by atoms with van der Waals surface area (Å²) in [4.78, 5) is 12.0. The molecular weight excluding hydrogens is 323 g/mol. The van der Waals surface area contributed by atoms with Crippen molar-refractivity contribution in [2.24, 2.45) is 0 Å². The number of hydrogen-bond donors (Lipinski definition) is 1. The lowest BCUT2D eigenvalue weighted by atomic mass is 10.2. The van der Waals surface area contributed by atoms with Gasteiger partial charge in [-0.15, -0.1) is 0 Å². The number of nitrogens with zero attached hydrogens (tertiary/aromatic N) is 1. The maximum Gasteiger partial charge on any atom is 0.254 e. The van der Waals surface area contributed by atoms with Crippen molar-refractivity contribution < 1.29 is 22.3 Å². The highest BCUT2D eigenvalue weighted by atomic mass is 32.2. The fraction of sp³-hybridized carbons (Fsp3) is 0.533. The molecule has 1 amide bonds. The Bertz CT molecular complexity index is 645. The number of carbonyl (C=O) groups excluding carboxylic acids is 1. The summed E-state index contributed by atoms with van der Waals surface area (Å²) in [5.41, 5.74) is -0.304. The molecule has 0 aliphatic rings. The van der Waals surface area contributed by atoms with E-state index in [0.29, 0.717) is 13.1 Å². The predicted molar refractivity (Wildman–Crippen MR) is 85.3 cm³/mol. The number of hydrogen-bond acceptors (Lipinski definition) is 4. The quantitative estimate of drug-likeness (QED) is 0.776. The summed E-state index contributed by atoms with van der Waals surface area (Å²) in [6, 6.07) is 2.90. The van der Waals surface area contributed by atoms with Crippen molar-refractivity contribution >= 4 is 15.9 Å². The van der Waals surface area contributed by atoms with Crippen LogP contribution in [0.5, 0.6) is 0 Å². The topological polar surface area (TPSA) is 75.7 Å². The molecule has 1 aromatic carbocycles. The van der Waals surface area contributed by atoms with E-state index in [1.807, 2.05) is 0 Å². The lowest BCUT2D eigenvalue weighted by molar-refractivity contribution is 0.0901. The molecule has 0 aliphatic carbocycles. The number of amides is 1. The Hall–Kier alpha value is -1.51. The van der Waals surface area contributed by atoms with Crippen molar-refractivity contribution in [3.8, 4) is 0 Å². The van der Waals surface area contributed by atoms with Gasteiger partial charge in [0.05, 0.1) is 17.1 Å². The van der Waals surface area contributed by atoms with Crippen LogP contribution in [0.15, 0.2) is 23.1 Å².